The van der Waals surface area contributed by atoms with E-state index >= 15 is 0 Å². The lowest BCUT2D eigenvalue weighted by Gasteiger charge is -2.36. The molecule has 0 bridgehead atoms. The fourth-order valence-corrected chi connectivity index (χ4v) is 4.23. The van der Waals surface area contributed by atoms with Crippen LogP contribution in [0.1, 0.15) is 90.9 Å². The average molecular weight is 459 g/mol. The second-order valence-corrected chi connectivity index (χ2v) is 9.23. The number of amides is 3. The van der Waals surface area contributed by atoms with Gasteiger partial charge in [0.05, 0.1) is 0 Å². The summed E-state index contributed by atoms with van der Waals surface area (Å²) in [6, 6.07) is 8.13. The van der Waals surface area contributed by atoms with Crippen LogP contribution in [-0.2, 0) is 4.79 Å². The molecule has 0 spiro atoms. The van der Waals surface area contributed by atoms with Crippen molar-refractivity contribution in [3.8, 4) is 0 Å². The van der Waals surface area contributed by atoms with E-state index in [0.29, 0.717) is 6.42 Å². The van der Waals surface area contributed by atoms with Gasteiger partial charge in [-0.1, -0.05) is 71.6 Å². The lowest BCUT2D eigenvalue weighted by Crippen LogP contribution is -2.52. The van der Waals surface area contributed by atoms with Gasteiger partial charge < -0.3 is 20.4 Å². The van der Waals surface area contributed by atoms with E-state index in [0.717, 1.165) is 69.8 Å². The zero-order valence-corrected chi connectivity index (χ0v) is 21.0. The maximum atomic E-state index is 12.2. The zero-order valence-electron chi connectivity index (χ0n) is 21.0. The molecule has 3 amide bonds. The third-order valence-corrected chi connectivity index (χ3v) is 6.40. The maximum Gasteiger partial charge on any atom is 0.317 e. The first-order valence-electron chi connectivity index (χ1n) is 13.3. The standard InChI is InChI=1S/C27H46N4O2/c1-3-5-7-8-9-10-11-12-13-14-26(32)29-24-15-17-25(18-16-24)30-20-22-31(23-21-30)27(33)28-19-6-4-2/h15-18H,3-14,19-23H2,1-2H3,(H,28,33)(H,29,32). The Morgan fingerprint density at radius 3 is 1.94 bits per heavy atom. The predicted molar refractivity (Wildman–Crippen MR) is 139 cm³/mol. The topological polar surface area (TPSA) is 64.7 Å². The van der Waals surface area contributed by atoms with E-state index in [1.807, 2.05) is 17.0 Å². The molecule has 1 aliphatic heterocycles. The number of nitrogens with zero attached hydrogens (tertiary/aromatic N) is 2. The summed E-state index contributed by atoms with van der Waals surface area (Å²) in [7, 11) is 0. The summed E-state index contributed by atoms with van der Waals surface area (Å²) in [6.45, 7) is 8.24. The van der Waals surface area contributed by atoms with Gasteiger partial charge >= 0.3 is 6.03 Å². The van der Waals surface area contributed by atoms with E-state index in [2.05, 4.69) is 41.5 Å². The van der Waals surface area contributed by atoms with Gasteiger partial charge in [-0.2, -0.15) is 0 Å². The molecule has 1 fully saturated rings. The van der Waals surface area contributed by atoms with E-state index < -0.39 is 0 Å². The van der Waals surface area contributed by atoms with Crippen molar-refractivity contribution < 1.29 is 9.59 Å². The minimum Gasteiger partial charge on any atom is -0.368 e. The third-order valence-electron chi connectivity index (χ3n) is 6.40. The number of urea groups is 1. The van der Waals surface area contributed by atoms with Crippen LogP contribution in [0.5, 0.6) is 0 Å². The number of rotatable bonds is 15. The normalized spacial score (nSPS) is 13.8. The molecular weight excluding hydrogens is 412 g/mol. The maximum absolute atomic E-state index is 12.2. The van der Waals surface area contributed by atoms with Gasteiger partial charge in [0.2, 0.25) is 5.91 Å². The number of unbranched alkanes of at least 4 members (excludes halogenated alkanes) is 9. The lowest BCUT2D eigenvalue weighted by molar-refractivity contribution is -0.116. The highest BCUT2D eigenvalue weighted by atomic mass is 16.2. The van der Waals surface area contributed by atoms with E-state index in [-0.39, 0.29) is 11.9 Å². The third kappa shape index (κ3) is 11.0. The molecule has 0 aliphatic carbocycles. The largest absolute Gasteiger partial charge is 0.368 e. The molecule has 0 radical (unpaired) electrons. The van der Waals surface area contributed by atoms with E-state index in [1.54, 1.807) is 0 Å². The van der Waals surface area contributed by atoms with Crippen molar-refractivity contribution in [3.05, 3.63) is 24.3 Å². The molecule has 2 N–H and O–H groups in total. The van der Waals surface area contributed by atoms with Crippen molar-refractivity contribution in [1.29, 1.82) is 0 Å². The molecule has 1 aliphatic rings. The monoisotopic (exact) mass is 458 g/mol. The lowest BCUT2D eigenvalue weighted by atomic mass is 10.1. The highest BCUT2D eigenvalue weighted by Gasteiger charge is 2.20. The average Bonchev–Trinajstić information content (AvgIpc) is 2.84. The molecule has 1 heterocycles. The van der Waals surface area contributed by atoms with Crippen molar-refractivity contribution >= 4 is 23.3 Å². The van der Waals surface area contributed by atoms with E-state index in [9.17, 15) is 9.59 Å². The summed E-state index contributed by atoms with van der Waals surface area (Å²) in [6.07, 6.45) is 14.1. The highest BCUT2D eigenvalue weighted by molar-refractivity contribution is 5.90. The molecule has 0 unspecified atom stereocenters. The summed E-state index contributed by atoms with van der Waals surface area (Å²) < 4.78 is 0. The van der Waals surface area contributed by atoms with Crippen molar-refractivity contribution in [2.45, 2.75) is 90.9 Å². The molecule has 0 aromatic heterocycles. The molecule has 1 aromatic rings. The number of hydrogen-bond acceptors (Lipinski definition) is 3. The number of anilines is 2. The SMILES string of the molecule is CCCCCCCCCCCC(=O)Nc1ccc(N2CCN(C(=O)NCCCC)CC2)cc1. The van der Waals surface area contributed by atoms with Gasteiger partial charge in [0.1, 0.15) is 0 Å². The second-order valence-electron chi connectivity index (χ2n) is 9.23. The Morgan fingerprint density at radius 2 is 1.33 bits per heavy atom. The zero-order chi connectivity index (χ0) is 23.7. The molecule has 33 heavy (non-hydrogen) atoms. The summed E-state index contributed by atoms with van der Waals surface area (Å²) in [5.41, 5.74) is 1.99. The number of carbonyl (C=O) groups excluding carboxylic acids is 2. The molecular formula is C27H46N4O2. The van der Waals surface area contributed by atoms with Crippen LogP contribution in [0.2, 0.25) is 0 Å². The molecule has 0 atom stereocenters. The molecule has 186 valence electrons. The van der Waals surface area contributed by atoms with Crippen LogP contribution in [0.3, 0.4) is 0 Å². The fourth-order valence-electron chi connectivity index (χ4n) is 4.23. The van der Waals surface area contributed by atoms with Gasteiger partial charge in [0.25, 0.3) is 0 Å². The van der Waals surface area contributed by atoms with Gasteiger partial charge in [-0.15, -0.1) is 0 Å². The van der Waals surface area contributed by atoms with Crippen LogP contribution in [-0.4, -0.2) is 49.6 Å². The molecule has 1 aromatic carbocycles. The van der Waals surface area contributed by atoms with Crippen LogP contribution >= 0.6 is 0 Å². The van der Waals surface area contributed by atoms with Gasteiger partial charge in [-0.25, -0.2) is 4.79 Å². The van der Waals surface area contributed by atoms with Gasteiger partial charge in [-0.05, 0) is 37.1 Å². The minimum atomic E-state index is 0.0492. The Kier molecular flexibility index (Phi) is 13.4. The van der Waals surface area contributed by atoms with Gasteiger partial charge in [-0.3, -0.25) is 4.79 Å². The molecule has 2 rings (SSSR count). The Labute approximate surface area is 201 Å². The van der Waals surface area contributed by atoms with Crippen molar-refractivity contribution in [1.82, 2.24) is 10.2 Å². The van der Waals surface area contributed by atoms with Crippen LogP contribution in [0.15, 0.2) is 24.3 Å². The van der Waals surface area contributed by atoms with Crippen LogP contribution in [0.25, 0.3) is 0 Å². The number of nitrogens with one attached hydrogen (secondary N) is 2. The van der Waals surface area contributed by atoms with Crippen LogP contribution in [0, 0.1) is 0 Å². The van der Waals surface area contributed by atoms with Gasteiger partial charge in [0.15, 0.2) is 0 Å². The van der Waals surface area contributed by atoms with Crippen molar-refractivity contribution in [2.24, 2.45) is 0 Å². The summed E-state index contributed by atoms with van der Waals surface area (Å²) in [5.74, 6) is 0.105. The summed E-state index contributed by atoms with van der Waals surface area (Å²) in [5, 5.41) is 6.02. The van der Waals surface area contributed by atoms with Crippen molar-refractivity contribution in [3.63, 3.8) is 0 Å². The van der Waals surface area contributed by atoms with Gasteiger partial charge in [0, 0.05) is 50.5 Å². The van der Waals surface area contributed by atoms with E-state index in [4.69, 9.17) is 0 Å². The predicted octanol–water partition coefficient (Wildman–Crippen LogP) is 6.18. The Hall–Kier alpha value is -2.24. The second kappa shape index (κ2) is 16.4. The summed E-state index contributed by atoms with van der Waals surface area (Å²) >= 11 is 0. The molecule has 6 nitrogen and oxygen atoms in total. The van der Waals surface area contributed by atoms with Crippen LogP contribution in [0.4, 0.5) is 16.2 Å². The first-order chi connectivity index (χ1) is 16.1. The number of hydrogen-bond donors (Lipinski definition) is 2. The Balaban J connectivity index is 1.60. The first kappa shape index (κ1) is 27.0. The summed E-state index contributed by atoms with van der Waals surface area (Å²) in [4.78, 5) is 28.6. The van der Waals surface area contributed by atoms with E-state index in [1.165, 1.54) is 44.9 Å². The highest BCUT2D eigenvalue weighted by Crippen LogP contribution is 2.20. The smallest absolute Gasteiger partial charge is 0.317 e. The molecule has 6 heteroatoms. The Bertz CT molecular complexity index is 669. The quantitative estimate of drug-likeness (QED) is 0.309. The fraction of sp³-hybridized carbons (Fsp3) is 0.704. The Morgan fingerprint density at radius 1 is 0.758 bits per heavy atom. The molecule has 0 saturated carbocycles. The molecule has 1 saturated heterocycles. The first-order valence-corrected chi connectivity index (χ1v) is 13.3. The van der Waals surface area contributed by atoms with Crippen molar-refractivity contribution in [2.75, 3.05) is 42.9 Å². The van der Waals surface area contributed by atoms with Crippen LogP contribution < -0.4 is 15.5 Å². The minimum absolute atomic E-state index is 0.0492. The number of benzene rings is 1. The number of carbonyl (C=O) groups is 2. The number of piperazine rings is 1.